The van der Waals surface area contributed by atoms with Crippen LogP contribution < -0.4 is 9.47 Å². The molecule has 1 heterocycles. The third-order valence-corrected chi connectivity index (χ3v) is 2.70. The van der Waals surface area contributed by atoms with Gasteiger partial charge in [0.05, 0.1) is 19.9 Å². The molecule has 0 aliphatic rings. The summed E-state index contributed by atoms with van der Waals surface area (Å²) in [6, 6.07) is 7.05. The van der Waals surface area contributed by atoms with E-state index in [0.717, 1.165) is 5.56 Å². The van der Waals surface area contributed by atoms with Gasteiger partial charge in [0.2, 0.25) is 0 Å². The van der Waals surface area contributed by atoms with Crippen molar-refractivity contribution in [2.24, 2.45) is 0 Å². The molecule has 0 radical (unpaired) electrons. The van der Waals surface area contributed by atoms with Crippen LogP contribution in [0.15, 0.2) is 30.5 Å². The Hall–Kier alpha value is -2.63. The van der Waals surface area contributed by atoms with Crippen molar-refractivity contribution in [1.82, 2.24) is 9.97 Å². The number of carboxylic acids is 1. The summed E-state index contributed by atoms with van der Waals surface area (Å²) in [4.78, 5) is 18.9. The first-order valence-corrected chi connectivity index (χ1v) is 5.90. The summed E-state index contributed by atoms with van der Waals surface area (Å²) in [6.45, 7) is 0. The first-order chi connectivity index (χ1) is 9.63. The van der Waals surface area contributed by atoms with Crippen LogP contribution in [-0.2, 0) is 11.2 Å². The molecule has 1 N–H and O–H groups in total. The van der Waals surface area contributed by atoms with Gasteiger partial charge in [-0.15, -0.1) is 0 Å². The Morgan fingerprint density at radius 1 is 1.25 bits per heavy atom. The lowest BCUT2D eigenvalue weighted by molar-refractivity contribution is -0.136. The van der Waals surface area contributed by atoms with Crippen LogP contribution in [0.3, 0.4) is 0 Å². The van der Waals surface area contributed by atoms with Crippen LogP contribution in [0, 0.1) is 0 Å². The number of hydrogen-bond acceptors (Lipinski definition) is 5. The molecule has 1 aromatic heterocycles. The standard InChI is InChI=1S/C14H14N2O4/c1-19-9-3-4-10(12(7-9)20-2)11-5-6-15-13(16-11)8-14(17)18/h3-7H,8H2,1-2H3,(H,17,18). The lowest BCUT2D eigenvalue weighted by Crippen LogP contribution is -2.05. The van der Waals surface area contributed by atoms with Gasteiger partial charge in [-0.05, 0) is 18.2 Å². The van der Waals surface area contributed by atoms with E-state index in [-0.39, 0.29) is 12.2 Å². The van der Waals surface area contributed by atoms with Crippen molar-refractivity contribution in [2.75, 3.05) is 14.2 Å². The number of aliphatic carboxylic acids is 1. The minimum Gasteiger partial charge on any atom is -0.497 e. The van der Waals surface area contributed by atoms with Gasteiger partial charge in [-0.25, -0.2) is 9.97 Å². The summed E-state index contributed by atoms with van der Waals surface area (Å²) < 4.78 is 10.4. The van der Waals surface area contributed by atoms with Crippen LogP contribution in [0.4, 0.5) is 0 Å². The Bertz CT molecular complexity index is 628. The first kappa shape index (κ1) is 13.8. The molecule has 0 fully saturated rings. The van der Waals surface area contributed by atoms with Gasteiger partial charge in [-0.2, -0.15) is 0 Å². The predicted octanol–water partition coefficient (Wildman–Crippen LogP) is 1.79. The number of carboxylic acid groups (broad SMARTS) is 1. The van der Waals surface area contributed by atoms with Gasteiger partial charge in [-0.3, -0.25) is 4.79 Å². The van der Waals surface area contributed by atoms with E-state index >= 15 is 0 Å². The average molecular weight is 274 g/mol. The fraction of sp³-hybridized carbons (Fsp3) is 0.214. The molecule has 2 aromatic rings. The van der Waals surface area contributed by atoms with Crippen LogP contribution in [0.2, 0.25) is 0 Å². The molecule has 0 unspecified atom stereocenters. The summed E-state index contributed by atoms with van der Waals surface area (Å²) >= 11 is 0. The van der Waals surface area contributed by atoms with Gasteiger partial charge in [0.25, 0.3) is 0 Å². The van der Waals surface area contributed by atoms with Crippen molar-refractivity contribution >= 4 is 5.97 Å². The van der Waals surface area contributed by atoms with E-state index in [4.69, 9.17) is 14.6 Å². The fourth-order valence-electron chi connectivity index (χ4n) is 1.78. The van der Waals surface area contributed by atoms with Crippen LogP contribution in [0.25, 0.3) is 11.3 Å². The van der Waals surface area contributed by atoms with E-state index in [1.54, 1.807) is 32.4 Å². The highest BCUT2D eigenvalue weighted by Gasteiger charge is 2.11. The Labute approximate surface area is 116 Å². The fourth-order valence-corrected chi connectivity index (χ4v) is 1.78. The maximum absolute atomic E-state index is 10.7. The van der Waals surface area contributed by atoms with Gasteiger partial charge < -0.3 is 14.6 Å². The molecule has 0 spiro atoms. The van der Waals surface area contributed by atoms with Gasteiger partial charge in [0, 0.05) is 17.8 Å². The molecular formula is C14H14N2O4. The molecule has 0 atom stereocenters. The van der Waals surface area contributed by atoms with E-state index in [9.17, 15) is 4.79 Å². The number of methoxy groups -OCH3 is 2. The molecule has 0 saturated carbocycles. The predicted molar refractivity (Wildman–Crippen MR) is 71.9 cm³/mol. The van der Waals surface area contributed by atoms with Crippen LogP contribution >= 0.6 is 0 Å². The zero-order valence-corrected chi connectivity index (χ0v) is 11.2. The highest BCUT2D eigenvalue weighted by Crippen LogP contribution is 2.31. The molecule has 0 saturated heterocycles. The molecule has 1 aromatic carbocycles. The molecule has 6 nitrogen and oxygen atoms in total. The zero-order chi connectivity index (χ0) is 14.5. The largest absolute Gasteiger partial charge is 0.497 e. The van der Waals surface area contributed by atoms with Gasteiger partial charge in [0.15, 0.2) is 0 Å². The molecular weight excluding hydrogens is 260 g/mol. The molecule has 0 aliphatic carbocycles. The molecule has 0 bridgehead atoms. The highest BCUT2D eigenvalue weighted by atomic mass is 16.5. The van der Waals surface area contributed by atoms with E-state index in [1.165, 1.54) is 6.20 Å². The van der Waals surface area contributed by atoms with Crippen molar-refractivity contribution in [3.8, 4) is 22.8 Å². The molecule has 6 heteroatoms. The van der Waals surface area contributed by atoms with E-state index in [2.05, 4.69) is 9.97 Å². The Balaban J connectivity index is 2.42. The first-order valence-electron chi connectivity index (χ1n) is 5.90. The summed E-state index contributed by atoms with van der Waals surface area (Å²) in [6.07, 6.45) is 1.32. The minimum atomic E-state index is -0.969. The number of nitrogens with zero attached hydrogens (tertiary/aromatic N) is 2. The van der Waals surface area contributed by atoms with E-state index < -0.39 is 5.97 Å². The molecule has 20 heavy (non-hydrogen) atoms. The van der Waals surface area contributed by atoms with E-state index in [1.807, 2.05) is 6.07 Å². The number of benzene rings is 1. The van der Waals surface area contributed by atoms with Gasteiger partial charge >= 0.3 is 5.97 Å². The Kier molecular flexibility index (Phi) is 4.14. The lowest BCUT2D eigenvalue weighted by Gasteiger charge is -2.10. The monoisotopic (exact) mass is 274 g/mol. The molecule has 2 rings (SSSR count). The van der Waals surface area contributed by atoms with Crippen LogP contribution in [0.1, 0.15) is 5.82 Å². The second kappa shape index (κ2) is 6.01. The lowest BCUT2D eigenvalue weighted by atomic mass is 10.1. The van der Waals surface area contributed by atoms with Crippen LogP contribution in [-0.4, -0.2) is 35.3 Å². The quantitative estimate of drug-likeness (QED) is 0.895. The smallest absolute Gasteiger partial charge is 0.311 e. The average Bonchev–Trinajstić information content (AvgIpc) is 2.46. The van der Waals surface area contributed by atoms with E-state index in [0.29, 0.717) is 17.2 Å². The second-order valence-electron chi connectivity index (χ2n) is 3.99. The normalized spacial score (nSPS) is 10.1. The summed E-state index contributed by atoms with van der Waals surface area (Å²) in [7, 11) is 3.13. The Morgan fingerprint density at radius 3 is 2.70 bits per heavy atom. The van der Waals surface area contributed by atoms with Crippen molar-refractivity contribution in [1.29, 1.82) is 0 Å². The number of hydrogen-bond donors (Lipinski definition) is 1. The molecule has 0 amide bonds. The summed E-state index contributed by atoms with van der Waals surface area (Å²) in [5.74, 6) is 0.562. The number of rotatable bonds is 5. The Morgan fingerprint density at radius 2 is 2.05 bits per heavy atom. The van der Waals surface area contributed by atoms with Crippen molar-refractivity contribution in [2.45, 2.75) is 6.42 Å². The summed E-state index contributed by atoms with van der Waals surface area (Å²) in [5, 5.41) is 8.78. The SMILES string of the molecule is COc1ccc(-c2ccnc(CC(=O)O)n2)c(OC)c1. The van der Waals surface area contributed by atoms with Crippen LogP contribution in [0.5, 0.6) is 11.5 Å². The van der Waals surface area contributed by atoms with Crippen molar-refractivity contribution in [3.05, 3.63) is 36.3 Å². The maximum atomic E-state index is 10.7. The molecule has 0 aliphatic heterocycles. The summed E-state index contributed by atoms with van der Waals surface area (Å²) in [5.41, 5.74) is 1.36. The molecule has 104 valence electrons. The van der Waals surface area contributed by atoms with Crippen molar-refractivity contribution in [3.63, 3.8) is 0 Å². The second-order valence-corrected chi connectivity index (χ2v) is 3.99. The number of carbonyl (C=O) groups is 1. The van der Waals surface area contributed by atoms with Gasteiger partial charge in [-0.1, -0.05) is 0 Å². The van der Waals surface area contributed by atoms with Gasteiger partial charge in [0.1, 0.15) is 23.7 Å². The highest BCUT2D eigenvalue weighted by molar-refractivity contribution is 5.71. The number of ether oxygens (including phenoxy) is 2. The third-order valence-electron chi connectivity index (χ3n) is 2.70. The minimum absolute atomic E-state index is 0.216. The van der Waals surface area contributed by atoms with Crippen molar-refractivity contribution < 1.29 is 19.4 Å². The zero-order valence-electron chi connectivity index (χ0n) is 11.2. The third kappa shape index (κ3) is 3.03. The number of aromatic nitrogens is 2. The maximum Gasteiger partial charge on any atom is 0.311 e. The topological polar surface area (TPSA) is 81.5 Å².